The first-order chi connectivity index (χ1) is 11.8. The van der Waals surface area contributed by atoms with Crippen molar-refractivity contribution in [2.24, 2.45) is 5.92 Å². The molecular weight excluding hydrogens is 300 g/mol. The van der Waals surface area contributed by atoms with Crippen LogP contribution in [0.1, 0.15) is 70.6 Å². The zero-order valence-corrected chi connectivity index (χ0v) is 14.8. The van der Waals surface area contributed by atoms with Gasteiger partial charge < -0.3 is 9.84 Å². The Labute approximate surface area is 147 Å². The first-order valence-electron chi connectivity index (χ1n) is 9.33. The Hall–Kier alpha value is -1.53. The van der Waals surface area contributed by atoms with Crippen LogP contribution in [0.3, 0.4) is 0 Å². The lowest BCUT2D eigenvalue weighted by Crippen LogP contribution is -2.10. The second-order valence-electron chi connectivity index (χ2n) is 6.42. The summed E-state index contributed by atoms with van der Waals surface area (Å²) in [6, 6.07) is 0. The Morgan fingerprint density at radius 2 is 1.96 bits per heavy atom. The summed E-state index contributed by atoms with van der Waals surface area (Å²) < 4.78 is 5.07. The van der Waals surface area contributed by atoms with Crippen molar-refractivity contribution in [1.29, 1.82) is 0 Å². The Morgan fingerprint density at radius 1 is 1.17 bits per heavy atom. The van der Waals surface area contributed by atoms with E-state index < -0.39 is 0 Å². The fourth-order valence-electron chi connectivity index (χ4n) is 2.85. The third-order valence-electron chi connectivity index (χ3n) is 4.30. The van der Waals surface area contributed by atoms with Crippen molar-refractivity contribution in [3.8, 4) is 11.8 Å². The number of hydrogen-bond acceptors (Lipinski definition) is 3. The maximum atomic E-state index is 11.5. The molecule has 0 saturated carbocycles. The van der Waals surface area contributed by atoms with Gasteiger partial charge in [-0.25, -0.2) is 0 Å². The number of cyclic esters (lactones) is 1. The standard InChI is InChI=1S/C21H32O3/c1-2-3-4-5-6-7-8-9-10-11-12-13-14-15-16-19-17-20(18-22)24-21(19)23/h2,7-8,19-20,22H,1,3-6,11-18H2/t19-,20+/m1/s1. The van der Waals surface area contributed by atoms with Crippen LogP contribution in [0.4, 0.5) is 0 Å². The molecule has 1 heterocycles. The molecule has 0 aromatic rings. The number of hydrogen-bond donors (Lipinski definition) is 1. The number of esters is 1. The summed E-state index contributed by atoms with van der Waals surface area (Å²) in [7, 11) is 0. The van der Waals surface area contributed by atoms with Gasteiger partial charge in [-0.2, -0.15) is 0 Å². The van der Waals surface area contributed by atoms with E-state index in [2.05, 4.69) is 24.5 Å². The molecule has 1 saturated heterocycles. The van der Waals surface area contributed by atoms with E-state index in [-0.39, 0.29) is 24.6 Å². The van der Waals surface area contributed by atoms with Crippen molar-refractivity contribution < 1.29 is 14.6 Å². The van der Waals surface area contributed by atoms with Crippen LogP contribution in [0.25, 0.3) is 0 Å². The molecule has 0 unspecified atom stereocenters. The molecule has 134 valence electrons. The van der Waals surface area contributed by atoms with Crippen molar-refractivity contribution >= 4 is 5.97 Å². The number of aliphatic hydroxyl groups is 1. The molecule has 24 heavy (non-hydrogen) atoms. The van der Waals surface area contributed by atoms with E-state index in [1.54, 1.807) is 0 Å². The average Bonchev–Trinajstić information content (AvgIpc) is 2.95. The van der Waals surface area contributed by atoms with Crippen LogP contribution < -0.4 is 0 Å². The van der Waals surface area contributed by atoms with E-state index in [1.807, 2.05) is 12.2 Å². The first kappa shape index (κ1) is 20.5. The molecule has 2 atom stereocenters. The smallest absolute Gasteiger partial charge is 0.309 e. The maximum Gasteiger partial charge on any atom is 0.309 e. The van der Waals surface area contributed by atoms with Gasteiger partial charge in [-0.1, -0.05) is 43.3 Å². The zero-order valence-electron chi connectivity index (χ0n) is 14.8. The minimum absolute atomic E-state index is 0.00133. The lowest BCUT2D eigenvalue weighted by atomic mass is 9.97. The third kappa shape index (κ3) is 9.57. The molecule has 1 rings (SSSR count). The minimum atomic E-state index is -0.271. The molecule has 0 bridgehead atoms. The molecule has 0 radical (unpaired) electrons. The molecule has 1 N–H and O–H groups in total. The number of aliphatic hydroxyl groups excluding tert-OH is 1. The van der Waals surface area contributed by atoms with Gasteiger partial charge in [0.25, 0.3) is 0 Å². The first-order valence-corrected chi connectivity index (χ1v) is 9.33. The number of rotatable bonds is 12. The predicted molar refractivity (Wildman–Crippen MR) is 98.4 cm³/mol. The van der Waals surface area contributed by atoms with Gasteiger partial charge in [0.15, 0.2) is 0 Å². The van der Waals surface area contributed by atoms with E-state index in [1.165, 1.54) is 12.8 Å². The van der Waals surface area contributed by atoms with Crippen molar-refractivity contribution in [2.45, 2.75) is 76.7 Å². The van der Waals surface area contributed by atoms with Crippen molar-refractivity contribution in [3.63, 3.8) is 0 Å². The second kappa shape index (κ2) is 13.9. The quantitative estimate of drug-likeness (QED) is 0.247. The molecule has 0 aromatic carbocycles. The van der Waals surface area contributed by atoms with Gasteiger partial charge in [-0.3, -0.25) is 4.79 Å². The van der Waals surface area contributed by atoms with Crippen molar-refractivity contribution in [3.05, 3.63) is 24.8 Å². The van der Waals surface area contributed by atoms with Gasteiger partial charge in [-0.15, -0.1) is 6.58 Å². The molecule has 3 nitrogen and oxygen atoms in total. The van der Waals surface area contributed by atoms with E-state index >= 15 is 0 Å². The monoisotopic (exact) mass is 332 g/mol. The Balaban J connectivity index is 1.92. The third-order valence-corrected chi connectivity index (χ3v) is 4.30. The summed E-state index contributed by atoms with van der Waals surface area (Å²) in [6.45, 7) is 3.66. The highest BCUT2D eigenvalue weighted by molar-refractivity contribution is 5.74. The summed E-state index contributed by atoms with van der Waals surface area (Å²) in [5.41, 5.74) is 0. The maximum absolute atomic E-state index is 11.5. The molecule has 0 aliphatic carbocycles. The van der Waals surface area contributed by atoms with E-state index in [0.29, 0.717) is 6.42 Å². The highest BCUT2D eigenvalue weighted by Crippen LogP contribution is 2.25. The van der Waals surface area contributed by atoms with Crippen LogP contribution in [0.5, 0.6) is 0 Å². The second-order valence-corrected chi connectivity index (χ2v) is 6.42. The van der Waals surface area contributed by atoms with Gasteiger partial charge >= 0.3 is 5.97 Å². The van der Waals surface area contributed by atoms with Gasteiger partial charge in [0.05, 0.1) is 12.5 Å². The summed E-state index contributed by atoms with van der Waals surface area (Å²) in [5, 5.41) is 9.00. The molecule has 3 heteroatoms. The van der Waals surface area contributed by atoms with Crippen molar-refractivity contribution in [1.82, 2.24) is 0 Å². The molecular formula is C21H32O3. The van der Waals surface area contributed by atoms with Gasteiger partial charge in [0.1, 0.15) is 6.10 Å². The minimum Gasteiger partial charge on any atom is -0.460 e. The molecule has 1 aliphatic heterocycles. The van der Waals surface area contributed by atoms with Crippen LogP contribution in [-0.4, -0.2) is 23.8 Å². The topological polar surface area (TPSA) is 46.5 Å². The highest BCUT2D eigenvalue weighted by atomic mass is 16.6. The SMILES string of the molecule is C=CCCCCC=CC#CCCCCCC[C@@H]1C[C@@H](CO)OC1=O. The summed E-state index contributed by atoms with van der Waals surface area (Å²) >= 11 is 0. The van der Waals surface area contributed by atoms with Crippen molar-refractivity contribution in [2.75, 3.05) is 6.61 Å². The Kier molecular flexibility index (Phi) is 11.9. The normalized spacial score (nSPS) is 20.0. The summed E-state index contributed by atoms with van der Waals surface area (Å²) in [4.78, 5) is 11.5. The Bertz CT molecular complexity index is 442. The number of carbonyl (C=O) groups excluding carboxylic acids is 1. The largest absolute Gasteiger partial charge is 0.460 e. The molecule has 1 aliphatic rings. The summed E-state index contributed by atoms with van der Waals surface area (Å²) in [6.07, 6.45) is 17.4. The fourth-order valence-corrected chi connectivity index (χ4v) is 2.85. The van der Waals surface area contributed by atoms with Crippen LogP contribution in [0, 0.1) is 17.8 Å². The molecule has 0 spiro atoms. The van der Waals surface area contributed by atoms with Gasteiger partial charge in [0, 0.05) is 6.42 Å². The summed E-state index contributed by atoms with van der Waals surface area (Å²) in [5.74, 6) is 6.15. The Morgan fingerprint density at radius 3 is 2.71 bits per heavy atom. The molecule has 0 amide bonds. The zero-order chi connectivity index (χ0) is 17.5. The van der Waals surface area contributed by atoms with Gasteiger partial charge in [-0.05, 0) is 51.0 Å². The van der Waals surface area contributed by atoms with E-state index in [0.717, 1.165) is 51.4 Å². The van der Waals surface area contributed by atoms with E-state index in [9.17, 15) is 4.79 Å². The van der Waals surface area contributed by atoms with Crippen LogP contribution in [0.2, 0.25) is 0 Å². The highest BCUT2D eigenvalue weighted by Gasteiger charge is 2.33. The fraction of sp³-hybridized carbons (Fsp3) is 0.667. The number of carbonyl (C=O) groups is 1. The lowest BCUT2D eigenvalue weighted by molar-refractivity contribution is -0.145. The van der Waals surface area contributed by atoms with E-state index in [4.69, 9.17) is 9.84 Å². The van der Waals surface area contributed by atoms with Gasteiger partial charge in [0.2, 0.25) is 0 Å². The van der Waals surface area contributed by atoms with Crippen LogP contribution in [-0.2, 0) is 9.53 Å². The van der Waals surface area contributed by atoms with Crippen LogP contribution >= 0.6 is 0 Å². The lowest BCUT2D eigenvalue weighted by Gasteiger charge is -2.04. The van der Waals surface area contributed by atoms with Crippen LogP contribution in [0.15, 0.2) is 24.8 Å². The molecule has 1 fully saturated rings. The average molecular weight is 332 g/mol. The number of unbranched alkanes of at least 4 members (excludes halogenated alkanes) is 7. The number of allylic oxidation sites excluding steroid dienone is 3. The predicted octanol–water partition coefficient (Wildman–Crippen LogP) is 4.56. The number of ether oxygens (including phenoxy) is 1. The molecule has 0 aromatic heterocycles.